The third kappa shape index (κ3) is 4.67. The summed E-state index contributed by atoms with van der Waals surface area (Å²) >= 11 is 1.50. The van der Waals surface area contributed by atoms with Gasteiger partial charge in [-0.25, -0.2) is 0 Å². The van der Waals surface area contributed by atoms with Gasteiger partial charge in [0.05, 0.1) is 23.5 Å². The smallest absolute Gasteiger partial charge is 0.234 e. The minimum Gasteiger partial charge on any atom is -0.468 e. The van der Waals surface area contributed by atoms with Crippen molar-refractivity contribution < 1.29 is 13.9 Å². The highest BCUT2D eigenvalue weighted by Gasteiger charge is 2.09. The van der Waals surface area contributed by atoms with E-state index in [0.717, 1.165) is 11.5 Å². The van der Waals surface area contributed by atoms with Gasteiger partial charge in [-0.05, 0) is 36.4 Å². The van der Waals surface area contributed by atoms with Crippen molar-refractivity contribution in [3.8, 4) is 11.5 Å². The second-order valence-electron chi connectivity index (χ2n) is 5.03. The quantitative estimate of drug-likeness (QED) is 0.662. The highest BCUT2D eigenvalue weighted by Crippen LogP contribution is 2.29. The van der Waals surface area contributed by atoms with Gasteiger partial charge in [-0.15, -0.1) is 11.8 Å². The third-order valence-electron chi connectivity index (χ3n) is 3.19. The fourth-order valence-corrected chi connectivity index (χ4v) is 2.82. The lowest BCUT2D eigenvalue weighted by Crippen LogP contribution is -2.14. The Morgan fingerprint density at radius 1 is 1.00 bits per heavy atom. The molecule has 0 atom stereocenters. The molecule has 24 heavy (non-hydrogen) atoms. The lowest BCUT2D eigenvalue weighted by atomic mass is 10.3. The summed E-state index contributed by atoms with van der Waals surface area (Å²) < 4.78 is 11.1. The normalized spacial score (nSPS) is 10.3. The minimum atomic E-state index is -0.0735. The van der Waals surface area contributed by atoms with E-state index in [1.807, 2.05) is 66.7 Å². The molecule has 4 nitrogen and oxygen atoms in total. The summed E-state index contributed by atoms with van der Waals surface area (Å²) in [4.78, 5) is 12.1. The zero-order valence-corrected chi connectivity index (χ0v) is 13.8. The van der Waals surface area contributed by atoms with Crippen molar-refractivity contribution in [1.29, 1.82) is 0 Å². The largest absolute Gasteiger partial charge is 0.468 e. The fourth-order valence-electron chi connectivity index (χ4n) is 2.10. The number of carbonyl (C=O) groups excluding carboxylic acids is 1. The first-order valence-electron chi connectivity index (χ1n) is 7.53. The standard InChI is InChI=1S/C19H17NO3S/c21-19(14-24-13-16-9-6-12-22-16)20-17-10-4-5-11-18(17)23-15-7-2-1-3-8-15/h1-12H,13-14H2,(H,20,21). The van der Waals surface area contributed by atoms with Crippen LogP contribution in [0.1, 0.15) is 5.76 Å². The highest BCUT2D eigenvalue weighted by atomic mass is 32.2. The van der Waals surface area contributed by atoms with Crippen molar-refractivity contribution >= 4 is 23.4 Å². The van der Waals surface area contributed by atoms with Crippen LogP contribution in [-0.2, 0) is 10.5 Å². The van der Waals surface area contributed by atoms with Gasteiger partial charge in [-0.1, -0.05) is 30.3 Å². The van der Waals surface area contributed by atoms with E-state index in [4.69, 9.17) is 9.15 Å². The molecule has 1 amide bonds. The molecule has 0 aliphatic heterocycles. The molecule has 5 heteroatoms. The molecule has 0 saturated heterocycles. The Morgan fingerprint density at radius 2 is 1.79 bits per heavy atom. The van der Waals surface area contributed by atoms with Crippen LogP contribution in [0.2, 0.25) is 0 Å². The van der Waals surface area contributed by atoms with Crippen molar-refractivity contribution in [2.24, 2.45) is 0 Å². The van der Waals surface area contributed by atoms with Crippen molar-refractivity contribution in [3.63, 3.8) is 0 Å². The van der Waals surface area contributed by atoms with Gasteiger partial charge in [-0.2, -0.15) is 0 Å². The Labute approximate surface area is 144 Å². The number of anilines is 1. The van der Waals surface area contributed by atoms with Gasteiger partial charge in [0.25, 0.3) is 0 Å². The van der Waals surface area contributed by atoms with Crippen LogP contribution in [0.5, 0.6) is 11.5 Å². The number of benzene rings is 2. The number of para-hydroxylation sites is 3. The van der Waals surface area contributed by atoms with E-state index in [2.05, 4.69) is 5.32 Å². The number of rotatable bonds is 7. The van der Waals surface area contributed by atoms with Gasteiger partial charge in [0, 0.05) is 0 Å². The Bertz CT molecular complexity index is 772. The topological polar surface area (TPSA) is 51.5 Å². The average molecular weight is 339 g/mol. The van der Waals surface area contributed by atoms with E-state index in [-0.39, 0.29) is 5.91 Å². The van der Waals surface area contributed by atoms with Gasteiger partial charge in [0.15, 0.2) is 5.75 Å². The van der Waals surface area contributed by atoms with Crippen LogP contribution in [0.4, 0.5) is 5.69 Å². The first-order valence-corrected chi connectivity index (χ1v) is 8.68. The maximum Gasteiger partial charge on any atom is 0.234 e. The molecule has 0 spiro atoms. The molecule has 1 heterocycles. The Hall–Kier alpha value is -2.66. The number of amides is 1. The van der Waals surface area contributed by atoms with E-state index < -0.39 is 0 Å². The number of hydrogen-bond donors (Lipinski definition) is 1. The monoisotopic (exact) mass is 339 g/mol. The van der Waals surface area contributed by atoms with Crippen LogP contribution in [0.25, 0.3) is 0 Å². The molecule has 0 aliphatic carbocycles. The van der Waals surface area contributed by atoms with Crippen molar-refractivity contribution in [2.75, 3.05) is 11.1 Å². The summed E-state index contributed by atoms with van der Waals surface area (Å²) in [5.41, 5.74) is 0.657. The number of furan rings is 1. The van der Waals surface area contributed by atoms with Crippen molar-refractivity contribution in [2.45, 2.75) is 5.75 Å². The molecule has 0 bridgehead atoms. The lowest BCUT2D eigenvalue weighted by molar-refractivity contribution is -0.113. The van der Waals surface area contributed by atoms with Gasteiger partial charge >= 0.3 is 0 Å². The Kier molecular flexibility index (Phi) is 5.58. The average Bonchev–Trinajstić information content (AvgIpc) is 3.11. The summed E-state index contributed by atoms with van der Waals surface area (Å²) in [5.74, 6) is 3.15. The molecular formula is C19H17NO3S. The number of thioether (sulfide) groups is 1. The molecule has 0 saturated carbocycles. The van der Waals surface area contributed by atoms with Crippen LogP contribution in [-0.4, -0.2) is 11.7 Å². The maximum atomic E-state index is 12.1. The molecule has 0 fully saturated rings. The maximum absolute atomic E-state index is 12.1. The van der Waals surface area contributed by atoms with Crippen LogP contribution in [0.15, 0.2) is 77.4 Å². The SMILES string of the molecule is O=C(CSCc1ccco1)Nc1ccccc1Oc1ccccc1. The van der Waals surface area contributed by atoms with Gasteiger partial charge in [0.2, 0.25) is 5.91 Å². The molecule has 3 aromatic rings. The first kappa shape index (κ1) is 16.2. The fraction of sp³-hybridized carbons (Fsp3) is 0.105. The Balaban J connectivity index is 1.57. The summed E-state index contributed by atoms with van der Waals surface area (Å²) in [6.07, 6.45) is 1.63. The molecule has 1 N–H and O–H groups in total. The van der Waals surface area contributed by atoms with Crippen molar-refractivity contribution in [3.05, 3.63) is 78.8 Å². The molecule has 1 aromatic heterocycles. The number of carbonyl (C=O) groups is 1. The Morgan fingerprint density at radius 3 is 2.58 bits per heavy atom. The van der Waals surface area contributed by atoms with Gasteiger partial charge < -0.3 is 14.5 Å². The van der Waals surface area contributed by atoms with E-state index in [1.165, 1.54) is 11.8 Å². The predicted molar refractivity (Wildman–Crippen MR) is 96.5 cm³/mol. The summed E-state index contributed by atoms with van der Waals surface area (Å²) in [7, 11) is 0. The summed E-state index contributed by atoms with van der Waals surface area (Å²) in [6.45, 7) is 0. The summed E-state index contributed by atoms with van der Waals surface area (Å²) in [6, 6.07) is 20.6. The van der Waals surface area contributed by atoms with Gasteiger partial charge in [-0.3, -0.25) is 4.79 Å². The van der Waals surface area contributed by atoms with E-state index in [9.17, 15) is 4.79 Å². The molecule has 3 rings (SSSR count). The first-order chi connectivity index (χ1) is 11.8. The number of ether oxygens (including phenoxy) is 1. The van der Waals surface area contributed by atoms with Crippen LogP contribution < -0.4 is 10.1 Å². The molecule has 122 valence electrons. The lowest BCUT2D eigenvalue weighted by Gasteiger charge is -2.12. The van der Waals surface area contributed by atoms with E-state index in [0.29, 0.717) is 22.9 Å². The summed E-state index contributed by atoms with van der Waals surface area (Å²) in [5, 5.41) is 2.90. The second-order valence-corrected chi connectivity index (χ2v) is 6.02. The zero-order chi connectivity index (χ0) is 16.6. The van der Waals surface area contributed by atoms with Crippen LogP contribution in [0.3, 0.4) is 0 Å². The molecule has 0 radical (unpaired) electrons. The van der Waals surface area contributed by atoms with Gasteiger partial charge in [0.1, 0.15) is 11.5 Å². The van der Waals surface area contributed by atoms with E-state index >= 15 is 0 Å². The zero-order valence-electron chi connectivity index (χ0n) is 13.0. The molecule has 0 unspecified atom stereocenters. The molecular weight excluding hydrogens is 322 g/mol. The molecule has 0 aliphatic rings. The van der Waals surface area contributed by atoms with Crippen molar-refractivity contribution in [1.82, 2.24) is 0 Å². The second kappa shape index (κ2) is 8.26. The highest BCUT2D eigenvalue weighted by molar-refractivity contribution is 7.99. The van der Waals surface area contributed by atoms with Crippen LogP contribution >= 0.6 is 11.8 Å². The minimum absolute atomic E-state index is 0.0735. The third-order valence-corrected chi connectivity index (χ3v) is 4.14. The number of nitrogens with one attached hydrogen (secondary N) is 1. The molecule has 2 aromatic carbocycles. The number of hydrogen-bond acceptors (Lipinski definition) is 4. The predicted octanol–water partition coefficient (Wildman–Crippen LogP) is 4.94. The van der Waals surface area contributed by atoms with Crippen LogP contribution in [0, 0.1) is 0 Å². The van der Waals surface area contributed by atoms with E-state index in [1.54, 1.807) is 6.26 Å².